The molecule has 2 rings (SSSR count). The average molecular weight is 184 g/mol. The molecule has 2 heterocycles. The second kappa shape index (κ2) is 3.58. The lowest BCUT2D eigenvalue weighted by Gasteiger charge is -2.03. The van der Waals surface area contributed by atoms with Crippen LogP contribution in [-0.4, -0.2) is 9.97 Å². The number of hydrogen-bond acceptors (Lipinski definition) is 2. The highest BCUT2D eigenvalue weighted by Gasteiger charge is 1.99. The molecule has 2 aromatic heterocycles. The largest absolute Gasteiger partial charge is 0.265 e. The van der Waals surface area contributed by atoms with E-state index in [2.05, 4.69) is 23.0 Å². The zero-order valence-corrected chi connectivity index (χ0v) is 8.36. The standard InChI is InChI=1S/C12H12N2/c1-9-7-12(8-14-10(9)2)11-3-5-13-6-4-11/h3-8H,1-2H3. The Hall–Kier alpha value is -1.70. The molecule has 70 valence electrons. The van der Waals surface area contributed by atoms with Gasteiger partial charge in [0.05, 0.1) is 0 Å². The topological polar surface area (TPSA) is 25.8 Å². The molecular formula is C12H12N2. The fraction of sp³-hybridized carbons (Fsp3) is 0.167. The molecule has 0 fully saturated rings. The number of hydrogen-bond donors (Lipinski definition) is 0. The first-order chi connectivity index (χ1) is 6.77. The smallest absolute Gasteiger partial charge is 0.0402 e. The third-order valence-corrected chi connectivity index (χ3v) is 2.35. The summed E-state index contributed by atoms with van der Waals surface area (Å²) in [5.41, 5.74) is 4.62. The molecule has 0 aliphatic rings. The average Bonchev–Trinajstić information content (AvgIpc) is 2.23. The number of aromatic nitrogens is 2. The van der Waals surface area contributed by atoms with Gasteiger partial charge in [0, 0.05) is 29.8 Å². The fourth-order valence-electron chi connectivity index (χ4n) is 1.35. The molecule has 2 aromatic rings. The first-order valence-corrected chi connectivity index (χ1v) is 4.61. The summed E-state index contributed by atoms with van der Waals surface area (Å²) in [5.74, 6) is 0. The van der Waals surface area contributed by atoms with Crippen molar-refractivity contribution in [2.24, 2.45) is 0 Å². The van der Waals surface area contributed by atoms with Crippen molar-refractivity contribution in [1.82, 2.24) is 9.97 Å². The van der Waals surface area contributed by atoms with Crippen LogP contribution >= 0.6 is 0 Å². The lowest BCUT2D eigenvalue weighted by molar-refractivity contribution is 1.15. The fourth-order valence-corrected chi connectivity index (χ4v) is 1.35. The highest BCUT2D eigenvalue weighted by Crippen LogP contribution is 2.19. The molecule has 0 unspecified atom stereocenters. The monoisotopic (exact) mass is 184 g/mol. The van der Waals surface area contributed by atoms with E-state index in [1.165, 1.54) is 5.56 Å². The van der Waals surface area contributed by atoms with E-state index < -0.39 is 0 Å². The summed E-state index contributed by atoms with van der Waals surface area (Å²) >= 11 is 0. The molecule has 14 heavy (non-hydrogen) atoms. The molecule has 0 bridgehead atoms. The summed E-state index contributed by atoms with van der Waals surface area (Å²) in [7, 11) is 0. The summed E-state index contributed by atoms with van der Waals surface area (Å²) < 4.78 is 0. The molecule has 0 spiro atoms. The Morgan fingerprint density at radius 1 is 1.00 bits per heavy atom. The van der Waals surface area contributed by atoms with Gasteiger partial charge in [-0.05, 0) is 43.2 Å². The molecule has 0 aromatic carbocycles. The van der Waals surface area contributed by atoms with Crippen LogP contribution in [0.5, 0.6) is 0 Å². The van der Waals surface area contributed by atoms with Gasteiger partial charge in [0.25, 0.3) is 0 Å². The van der Waals surface area contributed by atoms with Gasteiger partial charge >= 0.3 is 0 Å². The quantitative estimate of drug-likeness (QED) is 0.681. The Morgan fingerprint density at radius 3 is 2.36 bits per heavy atom. The predicted octanol–water partition coefficient (Wildman–Crippen LogP) is 2.76. The molecule has 0 amide bonds. The maximum atomic E-state index is 4.33. The van der Waals surface area contributed by atoms with Crippen LogP contribution in [0.4, 0.5) is 0 Å². The minimum absolute atomic E-state index is 1.09. The predicted molar refractivity (Wildman–Crippen MR) is 56.9 cm³/mol. The van der Waals surface area contributed by atoms with E-state index in [-0.39, 0.29) is 0 Å². The molecular weight excluding hydrogens is 172 g/mol. The van der Waals surface area contributed by atoms with Crippen LogP contribution < -0.4 is 0 Å². The van der Waals surface area contributed by atoms with Gasteiger partial charge in [-0.1, -0.05) is 0 Å². The number of rotatable bonds is 1. The highest BCUT2D eigenvalue weighted by atomic mass is 14.7. The van der Waals surface area contributed by atoms with Crippen molar-refractivity contribution in [3.8, 4) is 11.1 Å². The van der Waals surface area contributed by atoms with Gasteiger partial charge in [-0.15, -0.1) is 0 Å². The van der Waals surface area contributed by atoms with E-state index in [1.54, 1.807) is 12.4 Å². The van der Waals surface area contributed by atoms with Gasteiger partial charge in [-0.25, -0.2) is 0 Å². The van der Waals surface area contributed by atoms with Crippen molar-refractivity contribution in [3.63, 3.8) is 0 Å². The zero-order chi connectivity index (χ0) is 9.97. The van der Waals surface area contributed by atoms with Gasteiger partial charge in [-0.2, -0.15) is 0 Å². The Labute approximate surface area is 83.7 Å². The third-order valence-electron chi connectivity index (χ3n) is 2.35. The Bertz CT molecular complexity index is 435. The van der Waals surface area contributed by atoms with Crippen LogP contribution in [0.1, 0.15) is 11.3 Å². The van der Waals surface area contributed by atoms with Gasteiger partial charge in [0.15, 0.2) is 0 Å². The number of aryl methyl sites for hydroxylation is 2. The van der Waals surface area contributed by atoms with E-state index >= 15 is 0 Å². The first kappa shape index (κ1) is 8.88. The van der Waals surface area contributed by atoms with Crippen molar-refractivity contribution >= 4 is 0 Å². The molecule has 0 atom stereocenters. The lowest BCUT2D eigenvalue weighted by Crippen LogP contribution is -1.88. The third kappa shape index (κ3) is 1.64. The summed E-state index contributed by atoms with van der Waals surface area (Å²) in [6.07, 6.45) is 5.49. The summed E-state index contributed by atoms with van der Waals surface area (Å²) in [6.45, 7) is 4.10. The first-order valence-electron chi connectivity index (χ1n) is 4.61. The maximum Gasteiger partial charge on any atom is 0.0402 e. The Morgan fingerprint density at radius 2 is 1.71 bits per heavy atom. The minimum atomic E-state index is 1.09. The molecule has 0 saturated carbocycles. The van der Waals surface area contributed by atoms with Crippen molar-refractivity contribution in [3.05, 3.63) is 48.0 Å². The van der Waals surface area contributed by atoms with E-state index in [0.717, 1.165) is 16.8 Å². The Kier molecular flexibility index (Phi) is 2.27. The van der Waals surface area contributed by atoms with E-state index in [0.29, 0.717) is 0 Å². The lowest BCUT2D eigenvalue weighted by atomic mass is 10.1. The van der Waals surface area contributed by atoms with E-state index in [9.17, 15) is 0 Å². The molecule has 0 saturated heterocycles. The molecule has 0 aliphatic carbocycles. The summed E-state index contributed by atoms with van der Waals surface area (Å²) in [6, 6.07) is 6.13. The van der Waals surface area contributed by atoms with Gasteiger partial charge in [-0.3, -0.25) is 9.97 Å². The van der Waals surface area contributed by atoms with E-state index in [4.69, 9.17) is 0 Å². The summed E-state index contributed by atoms with van der Waals surface area (Å²) in [4.78, 5) is 8.33. The molecule has 2 nitrogen and oxygen atoms in total. The highest BCUT2D eigenvalue weighted by molar-refractivity contribution is 5.62. The maximum absolute atomic E-state index is 4.33. The van der Waals surface area contributed by atoms with Crippen LogP contribution in [0.2, 0.25) is 0 Å². The normalized spacial score (nSPS) is 10.1. The summed E-state index contributed by atoms with van der Waals surface area (Å²) in [5, 5.41) is 0. The number of nitrogens with zero attached hydrogens (tertiary/aromatic N) is 2. The van der Waals surface area contributed by atoms with Crippen LogP contribution in [0, 0.1) is 13.8 Å². The van der Waals surface area contributed by atoms with E-state index in [1.807, 2.05) is 25.3 Å². The molecule has 2 heteroatoms. The van der Waals surface area contributed by atoms with Crippen molar-refractivity contribution in [2.75, 3.05) is 0 Å². The van der Waals surface area contributed by atoms with Crippen LogP contribution in [0.3, 0.4) is 0 Å². The van der Waals surface area contributed by atoms with Crippen molar-refractivity contribution < 1.29 is 0 Å². The second-order valence-electron chi connectivity index (χ2n) is 3.36. The molecule has 0 radical (unpaired) electrons. The van der Waals surface area contributed by atoms with Gasteiger partial charge in [0.1, 0.15) is 0 Å². The van der Waals surface area contributed by atoms with Crippen molar-refractivity contribution in [1.29, 1.82) is 0 Å². The van der Waals surface area contributed by atoms with Crippen LogP contribution in [0.15, 0.2) is 36.8 Å². The van der Waals surface area contributed by atoms with Gasteiger partial charge < -0.3 is 0 Å². The van der Waals surface area contributed by atoms with Gasteiger partial charge in [0.2, 0.25) is 0 Å². The number of pyridine rings is 2. The second-order valence-corrected chi connectivity index (χ2v) is 3.36. The zero-order valence-electron chi connectivity index (χ0n) is 8.36. The van der Waals surface area contributed by atoms with Crippen molar-refractivity contribution in [2.45, 2.75) is 13.8 Å². The van der Waals surface area contributed by atoms with Crippen LogP contribution in [-0.2, 0) is 0 Å². The minimum Gasteiger partial charge on any atom is -0.265 e. The Balaban J connectivity index is 2.48. The molecule has 0 N–H and O–H groups in total. The SMILES string of the molecule is Cc1cc(-c2ccncc2)cnc1C. The van der Waals surface area contributed by atoms with Crippen LogP contribution in [0.25, 0.3) is 11.1 Å². The molecule has 0 aliphatic heterocycles.